The van der Waals surface area contributed by atoms with Crippen molar-refractivity contribution in [2.24, 2.45) is 0 Å². The van der Waals surface area contributed by atoms with Gasteiger partial charge < -0.3 is 20.1 Å². The van der Waals surface area contributed by atoms with Gasteiger partial charge in [0, 0.05) is 5.69 Å². The Morgan fingerprint density at radius 2 is 1.56 bits per heavy atom. The molecule has 0 aliphatic heterocycles. The molecule has 3 aromatic rings. The van der Waals surface area contributed by atoms with E-state index >= 15 is 0 Å². The number of anilines is 1. The zero-order chi connectivity index (χ0) is 24.5. The first-order valence-electron chi connectivity index (χ1n) is 10.6. The minimum absolute atomic E-state index is 0.166. The smallest absolute Gasteiger partial charge is 0.309 e. The summed E-state index contributed by atoms with van der Waals surface area (Å²) in [5.74, 6) is -0.874. The highest BCUT2D eigenvalue weighted by Gasteiger charge is 2.24. The number of amides is 2. The average molecular weight is 481 g/mol. The molecule has 34 heavy (non-hydrogen) atoms. The van der Waals surface area contributed by atoms with Crippen molar-refractivity contribution in [2.45, 2.75) is 25.5 Å². The quantitative estimate of drug-likeness (QED) is 0.430. The third-order valence-electron chi connectivity index (χ3n) is 5.03. The van der Waals surface area contributed by atoms with Gasteiger partial charge in [0.2, 0.25) is 0 Å². The summed E-state index contributed by atoms with van der Waals surface area (Å²) in [4.78, 5) is 37.9. The monoisotopic (exact) mass is 480 g/mol. The van der Waals surface area contributed by atoms with Gasteiger partial charge in [0.15, 0.2) is 6.10 Å². The molecule has 0 aliphatic carbocycles. The lowest BCUT2D eigenvalue weighted by molar-refractivity contribution is -0.153. The summed E-state index contributed by atoms with van der Waals surface area (Å²) < 4.78 is 10.4. The van der Waals surface area contributed by atoms with E-state index in [0.717, 1.165) is 5.56 Å². The molecule has 0 fully saturated rings. The highest BCUT2D eigenvalue weighted by molar-refractivity contribution is 6.33. The van der Waals surface area contributed by atoms with Crippen molar-refractivity contribution < 1.29 is 23.9 Å². The highest BCUT2D eigenvalue weighted by Crippen LogP contribution is 2.21. The van der Waals surface area contributed by atoms with Crippen molar-refractivity contribution in [1.82, 2.24) is 5.32 Å². The molecule has 0 radical (unpaired) electrons. The van der Waals surface area contributed by atoms with Gasteiger partial charge >= 0.3 is 5.97 Å². The lowest BCUT2D eigenvalue weighted by Gasteiger charge is -2.20. The molecule has 2 N–H and O–H groups in total. The number of halogens is 1. The fourth-order valence-electron chi connectivity index (χ4n) is 3.20. The van der Waals surface area contributed by atoms with Crippen LogP contribution in [0.25, 0.3) is 0 Å². The van der Waals surface area contributed by atoms with Crippen LogP contribution in [0, 0.1) is 0 Å². The first-order valence-corrected chi connectivity index (χ1v) is 11.0. The van der Waals surface area contributed by atoms with Crippen molar-refractivity contribution in [2.75, 3.05) is 12.4 Å². The number of methoxy groups -OCH3 is 1. The molecule has 0 spiro atoms. The fourth-order valence-corrected chi connectivity index (χ4v) is 3.42. The molecule has 0 aromatic heterocycles. The summed E-state index contributed by atoms with van der Waals surface area (Å²) in [7, 11) is 1.55. The van der Waals surface area contributed by atoms with E-state index in [1.807, 2.05) is 6.07 Å². The minimum atomic E-state index is -1.04. The number of ether oxygens (including phenoxy) is 2. The number of benzene rings is 3. The van der Waals surface area contributed by atoms with Gasteiger partial charge in [-0.2, -0.15) is 0 Å². The first kappa shape index (κ1) is 24.8. The topological polar surface area (TPSA) is 93.7 Å². The molecule has 0 aliphatic rings. The summed E-state index contributed by atoms with van der Waals surface area (Å²) in [6.45, 7) is 1.48. The molecule has 2 atom stereocenters. The molecule has 3 rings (SSSR count). The Balaban J connectivity index is 1.64. The zero-order valence-electron chi connectivity index (χ0n) is 18.8. The van der Waals surface area contributed by atoms with E-state index in [9.17, 15) is 14.4 Å². The zero-order valence-corrected chi connectivity index (χ0v) is 19.5. The maximum atomic E-state index is 12.8. The molecule has 2 amide bonds. The molecular weight excluding hydrogens is 456 g/mol. The van der Waals surface area contributed by atoms with Gasteiger partial charge in [0.05, 0.1) is 30.2 Å². The summed E-state index contributed by atoms with van der Waals surface area (Å²) in [6.07, 6.45) is -1.20. The van der Waals surface area contributed by atoms with Crippen LogP contribution in [0.4, 0.5) is 5.69 Å². The van der Waals surface area contributed by atoms with Crippen LogP contribution < -0.4 is 15.4 Å². The summed E-state index contributed by atoms with van der Waals surface area (Å²) in [6, 6.07) is 21.8. The van der Waals surface area contributed by atoms with Crippen LogP contribution in [0.5, 0.6) is 5.75 Å². The van der Waals surface area contributed by atoms with Gasteiger partial charge in [-0.1, -0.05) is 54.1 Å². The van der Waals surface area contributed by atoms with E-state index in [1.165, 1.54) is 6.92 Å². The maximum absolute atomic E-state index is 12.8. The third kappa shape index (κ3) is 6.83. The summed E-state index contributed by atoms with van der Waals surface area (Å²) in [5.41, 5.74) is 1.56. The van der Waals surface area contributed by atoms with Gasteiger partial charge in [-0.15, -0.1) is 0 Å². The van der Waals surface area contributed by atoms with Crippen molar-refractivity contribution >= 4 is 35.1 Å². The molecule has 7 nitrogen and oxygen atoms in total. The normalized spacial score (nSPS) is 12.2. The predicted octanol–water partition coefficient (Wildman–Crippen LogP) is 4.78. The molecule has 0 bridgehead atoms. The Bertz CT molecular complexity index is 1140. The van der Waals surface area contributed by atoms with Gasteiger partial charge in [-0.3, -0.25) is 14.4 Å². The van der Waals surface area contributed by atoms with Gasteiger partial charge in [0.25, 0.3) is 11.8 Å². The Morgan fingerprint density at radius 1 is 0.912 bits per heavy atom. The Hall–Kier alpha value is -3.84. The van der Waals surface area contributed by atoms with E-state index in [1.54, 1.807) is 79.9 Å². The predicted molar refractivity (Wildman–Crippen MR) is 130 cm³/mol. The van der Waals surface area contributed by atoms with Crippen LogP contribution in [0.2, 0.25) is 5.02 Å². The minimum Gasteiger partial charge on any atom is -0.497 e. The number of carbonyl (C=O) groups is 3. The lowest BCUT2D eigenvalue weighted by atomic mass is 10.0. The van der Waals surface area contributed by atoms with Crippen molar-refractivity contribution in [3.05, 3.63) is 95.0 Å². The second-order valence-corrected chi connectivity index (χ2v) is 7.88. The van der Waals surface area contributed by atoms with Crippen LogP contribution >= 0.6 is 11.6 Å². The van der Waals surface area contributed by atoms with Gasteiger partial charge in [-0.25, -0.2) is 0 Å². The number of esters is 1. The second kappa shape index (κ2) is 11.9. The Morgan fingerprint density at radius 3 is 2.21 bits per heavy atom. The van der Waals surface area contributed by atoms with E-state index in [4.69, 9.17) is 21.1 Å². The maximum Gasteiger partial charge on any atom is 0.309 e. The molecule has 3 aromatic carbocycles. The number of nitrogens with one attached hydrogen (secondary N) is 2. The Labute approximate surface area is 203 Å². The lowest BCUT2D eigenvalue weighted by Crippen LogP contribution is -2.34. The summed E-state index contributed by atoms with van der Waals surface area (Å²) >= 11 is 6.14. The summed E-state index contributed by atoms with van der Waals surface area (Å²) in [5, 5.41) is 5.83. The number of hydrogen-bond acceptors (Lipinski definition) is 5. The fraction of sp³-hybridized carbons (Fsp3) is 0.192. The molecule has 8 heteroatoms. The van der Waals surface area contributed by atoms with Gasteiger partial charge in [-0.05, 0) is 48.9 Å². The van der Waals surface area contributed by atoms with E-state index in [2.05, 4.69) is 10.6 Å². The SMILES string of the molecule is COc1ccc(NC(=O)[C@@H](C)OC(=O)C[C@H](NC(=O)c2ccccc2Cl)c2ccccc2)cc1. The number of carbonyl (C=O) groups excluding carboxylic acids is 3. The number of hydrogen-bond donors (Lipinski definition) is 2. The van der Waals surface area contributed by atoms with Crippen LogP contribution in [0.15, 0.2) is 78.9 Å². The molecule has 0 saturated heterocycles. The van der Waals surface area contributed by atoms with E-state index in [0.29, 0.717) is 22.0 Å². The standard InChI is InChI=1S/C26H25ClN2O5/c1-17(25(31)28-19-12-14-20(33-2)15-13-19)34-24(30)16-23(18-8-4-3-5-9-18)29-26(32)21-10-6-7-11-22(21)27/h3-15,17,23H,16H2,1-2H3,(H,28,31)(H,29,32)/t17-,23+/m1/s1. The van der Waals surface area contributed by atoms with Crippen LogP contribution in [-0.4, -0.2) is 31.0 Å². The van der Waals surface area contributed by atoms with Crippen molar-refractivity contribution in [3.8, 4) is 5.75 Å². The molecule has 0 unspecified atom stereocenters. The van der Waals surface area contributed by atoms with Gasteiger partial charge in [0.1, 0.15) is 5.75 Å². The first-order chi connectivity index (χ1) is 16.4. The van der Waals surface area contributed by atoms with Crippen molar-refractivity contribution in [1.29, 1.82) is 0 Å². The second-order valence-electron chi connectivity index (χ2n) is 7.47. The number of rotatable bonds is 9. The molecule has 176 valence electrons. The average Bonchev–Trinajstić information content (AvgIpc) is 2.84. The van der Waals surface area contributed by atoms with Crippen LogP contribution in [0.3, 0.4) is 0 Å². The molecular formula is C26H25ClN2O5. The largest absolute Gasteiger partial charge is 0.497 e. The van der Waals surface area contributed by atoms with Crippen LogP contribution in [-0.2, 0) is 14.3 Å². The van der Waals surface area contributed by atoms with Crippen LogP contribution in [0.1, 0.15) is 35.3 Å². The van der Waals surface area contributed by atoms with E-state index < -0.39 is 29.9 Å². The van der Waals surface area contributed by atoms with Crippen molar-refractivity contribution in [3.63, 3.8) is 0 Å². The molecule has 0 saturated carbocycles. The highest BCUT2D eigenvalue weighted by atomic mass is 35.5. The molecule has 0 heterocycles. The Kier molecular flexibility index (Phi) is 8.65. The van der Waals surface area contributed by atoms with E-state index in [-0.39, 0.29) is 6.42 Å². The third-order valence-corrected chi connectivity index (χ3v) is 5.36.